The smallest absolute Gasteiger partial charge is 0.253 e. The van der Waals surface area contributed by atoms with E-state index in [1.807, 2.05) is 31.2 Å². The fourth-order valence-electron chi connectivity index (χ4n) is 2.86. The summed E-state index contributed by atoms with van der Waals surface area (Å²) in [7, 11) is 0. The first-order valence-corrected chi connectivity index (χ1v) is 8.08. The highest BCUT2D eigenvalue weighted by Gasteiger charge is 2.19. The van der Waals surface area contributed by atoms with Crippen LogP contribution in [0.2, 0.25) is 0 Å². The van der Waals surface area contributed by atoms with E-state index in [2.05, 4.69) is 22.5 Å². The second-order valence-electron chi connectivity index (χ2n) is 5.66. The molecule has 0 saturated carbocycles. The van der Waals surface area contributed by atoms with Crippen LogP contribution in [0.1, 0.15) is 37.0 Å². The summed E-state index contributed by atoms with van der Waals surface area (Å²) in [6.07, 6.45) is 2.37. The molecule has 2 rings (SSSR count). The second-order valence-corrected chi connectivity index (χ2v) is 5.66. The summed E-state index contributed by atoms with van der Waals surface area (Å²) in [5.74, 6) is 0.646. The number of hydrogen-bond donors (Lipinski definition) is 2. The lowest BCUT2D eigenvalue weighted by Gasteiger charge is -2.31. The minimum Gasteiger partial charge on any atom is -0.385 e. The zero-order valence-corrected chi connectivity index (χ0v) is 13.2. The van der Waals surface area contributed by atoms with Crippen LogP contribution in [0.4, 0.5) is 5.69 Å². The maximum Gasteiger partial charge on any atom is 0.253 e. The Morgan fingerprint density at radius 3 is 2.62 bits per heavy atom. The normalized spacial score (nSPS) is 16.7. The van der Waals surface area contributed by atoms with Crippen LogP contribution in [0.15, 0.2) is 24.3 Å². The van der Waals surface area contributed by atoms with Gasteiger partial charge in [-0.3, -0.25) is 4.79 Å². The Kier molecular flexibility index (Phi) is 6.05. The number of likely N-dealkylation sites (tertiary alicyclic amines) is 1. The van der Waals surface area contributed by atoms with Gasteiger partial charge in [-0.2, -0.15) is 0 Å². The Labute approximate surface area is 127 Å². The lowest BCUT2D eigenvalue weighted by Crippen LogP contribution is -2.38. The molecule has 1 aromatic rings. The summed E-state index contributed by atoms with van der Waals surface area (Å²) >= 11 is 0. The van der Waals surface area contributed by atoms with Gasteiger partial charge in [0.25, 0.3) is 5.91 Å². The van der Waals surface area contributed by atoms with Gasteiger partial charge < -0.3 is 15.5 Å². The topological polar surface area (TPSA) is 44.4 Å². The van der Waals surface area contributed by atoms with Crippen molar-refractivity contribution in [2.75, 3.05) is 38.0 Å². The van der Waals surface area contributed by atoms with E-state index in [1.54, 1.807) is 0 Å². The van der Waals surface area contributed by atoms with Crippen LogP contribution >= 0.6 is 0 Å². The quantitative estimate of drug-likeness (QED) is 0.846. The number of nitrogens with zero attached hydrogens (tertiary/aromatic N) is 1. The van der Waals surface area contributed by atoms with Crippen molar-refractivity contribution in [3.05, 3.63) is 29.8 Å². The molecule has 116 valence electrons. The van der Waals surface area contributed by atoms with Crippen LogP contribution in [0.5, 0.6) is 0 Å². The molecule has 1 saturated heterocycles. The monoisotopic (exact) mass is 289 g/mol. The molecule has 0 aromatic heterocycles. The third-order valence-corrected chi connectivity index (χ3v) is 4.24. The number of rotatable bonds is 6. The fourth-order valence-corrected chi connectivity index (χ4v) is 2.86. The van der Waals surface area contributed by atoms with E-state index in [1.165, 1.54) is 12.8 Å². The predicted octanol–water partition coefficient (Wildman–Crippen LogP) is 2.58. The number of benzene rings is 1. The Morgan fingerprint density at radius 2 is 1.95 bits per heavy atom. The van der Waals surface area contributed by atoms with E-state index in [-0.39, 0.29) is 5.91 Å². The summed E-state index contributed by atoms with van der Waals surface area (Å²) < 4.78 is 0. The van der Waals surface area contributed by atoms with E-state index in [9.17, 15) is 4.79 Å². The molecular formula is C17H27N3O. The molecule has 1 amide bonds. The van der Waals surface area contributed by atoms with Crippen molar-refractivity contribution in [3.8, 4) is 0 Å². The molecule has 0 radical (unpaired) electrons. The molecule has 21 heavy (non-hydrogen) atoms. The summed E-state index contributed by atoms with van der Waals surface area (Å²) in [5.41, 5.74) is 1.66. The molecule has 0 atom stereocenters. The maximum atomic E-state index is 12.3. The Hall–Kier alpha value is -1.55. The zero-order chi connectivity index (χ0) is 15.1. The first kappa shape index (κ1) is 15.8. The fraction of sp³-hybridized carbons (Fsp3) is 0.588. The minimum absolute atomic E-state index is 0.0319. The summed E-state index contributed by atoms with van der Waals surface area (Å²) in [4.78, 5) is 14.8. The largest absolute Gasteiger partial charge is 0.385 e. The van der Waals surface area contributed by atoms with Gasteiger partial charge in [0.05, 0.1) is 5.56 Å². The van der Waals surface area contributed by atoms with Crippen molar-refractivity contribution in [2.45, 2.75) is 26.7 Å². The SMILES string of the molecule is CCNc1ccccc1C(=O)NCC1CCN(CC)CC1. The average Bonchev–Trinajstić information content (AvgIpc) is 2.54. The van der Waals surface area contributed by atoms with Gasteiger partial charge in [0.2, 0.25) is 0 Å². The molecule has 4 heteroatoms. The molecule has 0 aliphatic carbocycles. The number of nitrogens with one attached hydrogen (secondary N) is 2. The minimum atomic E-state index is 0.0319. The third kappa shape index (κ3) is 4.46. The molecule has 0 unspecified atom stereocenters. The highest BCUT2D eigenvalue weighted by Crippen LogP contribution is 2.17. The van der Waals surface area contributed by atoms with Crippen molar-refractivity contribution < 1.29 is 4.79 Å². The number of para-hydroxylation sites is 1. The van der Waals surface area contributed by atoms with E-state index in [4.69, 9.17) is 0 Å². The zero-order valence-electron chi connectivity index (χ0n) is 13.2. The van der Waals surface area contributed by atoms with Crippen LogP contribution < -0.4 is 10.6 Å². The molecule has 1 heterocycles. The molecule has 2 N–H and O–H groups in total. The molecule has 0 spiro atoms. The third-order valence-electron chi connectivity index (χ3n) is 4.24. The number of anilines is 1. The van der Waals surface area contributed by atoms with Crippen molar-refractivity contribution in [3.63, 3.8) is 0 Å². The molecular weight excluding hydrogens is 262 g/mol. The number of hydrogen-bond acceptors (Lipinski definition) is 3. The summed E-state index contributed by atoms with van der Waals surface area (Å²) in [6.45, 7) is 9.30. The predicted molar refractivity (Wildman–Crippen MR) is 87.8 cm³/mol. The van der Waals surface area contributed by atoms with Gasteiger partial charge >= 0.3 is 0 Å². The molecule has 1 fully saturated rings. The van der Waals surface area contributed by atoms with Crippen molar-refractivity contribution in [1.82, 2.24) is 10.2 Å². The van der Waals surface area contributed by atoms with Gasteiger partial charge in [0, 0.05) is 18.8 Å². The van der Waals surface area contributed by atoms with Gasteiger partial charge in [0.1, 0.15) is 0 Å². The highest BCUT2D eigenvalue weighted by molar-refractivity contribution is 5.99. The van der Waals surface area contributed by atoms with Gasteiger partial charge in [-0.25, -0.2) is 0 Å². The molecule has 1 aliphatic rings. The number of carbonyl (C=O) groups is 1. The average molecular weight is 289 g/mol. The first-order chi connectivity index (χ1) is 10.2. The van der Waals surface area contributed by atoms with Crippen LogP contribution in [-0.4, -0.2) is 43.5 Å². The van der Waals surface area contributed by atoms with Crippen molar-refractivity contribution >= 4 is 11.6 Å². The lowest BCUT2D eigenvalue weighted by molar-refractivity contribution is 0.0937. The van der Waals surface area contributed by atoms with Crippen LogP contribution in [0.25, 0.3) is 0 Å². The number of carbonyl (C=O) groups excluding carboxylic acids is 1. The Balaban J connectivity index is 1.85. The van der Waals surface area contributed by atoms with Gasteiger partial charge in [-0.1, -0.05) is 19.1 Å². The molecule has 4 nitrogen and oxygen atoms in total. The van der Waals surface area contributed by atoms with E-state index in [0.717, 1.165) is 44.0 Å². The van der Waals surface area contributed by atoms with Crippen molar-refractivity contribution in [2.24, 2.45) is 5.92 Å². The second kappa shape index (κ2) is 8.03. The standard InChI is InChI=1S/C17H27N3O/c1-3-18-16-8-6-5-7-15(16)17(21)19-13-14-9-11-20(4-2)12-10-14/h5-8,14,18H,3-4,9-13H2,1-2H3,(H,19,21). The number of piperidine rings is 1. The van der Waals surface area contributed by atoms with Crippen LogP contribution in [-0.2, 0) is 0 Å². The summed E-state index contributed by atoms with van der Waals surface area (Å²) in [5, 5.41) is 6.34. The van der Waals surface area contributed by atoms with Gasteiger partial charge in [-0.15, -0.1) is 0 Å². The highest BCUT2D eigenvalue weighted by atomic mass is 16.1. The Morgan fingerprint density at radius 1 is 1.24 bits per heavy atom. The lowest BCUT2D eigenvalue weighted by atomic mass is 9.96. The first-order valence-electron chi connectivity index (χ1n) is 8.08. The van der Waals surface area contributed by atoms with E-state index in [0.29, 0.717) is 5.92 Å². The molecule has 1 aliphatic heterocycles. The Bertz CT molecular complexity index is 453. The maximum absolute atomic E-state index is 12.3. The molecule has 1 aromatic carbocycles. The van der Waals surface area contributed by atoms with E-state index >= 15 is 0 Å². The van der Waals surface area contributed by atoms with Gasteiger partial charge in [-0.05, 0) is 57.5 Å². The van der Waals surface area contributed by atoms with Crippen LogP contribution in [0, 0.1) is 5.92 Å². The molecule has 0 bridgehead atoms. The van der Waals surface area contributed by atoms with Crippen molar-refractivity contribution in [1.29, 1.82) is 0 Å². The van der Waals surface area contributed by atoms with Gasteiger partial charge in [0.15, 0.2) is 0 Å². The summed E-state index contributed by atoms with van der Waals surface area (Å²) in [6, 6.07) is 7.70. The van der Waals surface area contributed by atoms with Crippen LogP contribution in [0.3, 0.4) is 0 Å². The number of amides is 1. The van der Waals surface area contributed by atoms with E-state index < -0.39 is 0 Å².